The van der Waals surface area contributed by atoms with Crippen LogP contribution in [0.2, 0.25) is 0 Å². The lowest BCUT2D eigenvalue weighted by Crippen LogP contribution is -2.28. The summed E-state index contributed by atoms with van der Waals surface area (Å²) in [5.74, 6) is -1.20. The summed E-state index contributed by atoms with van der Waals surface area (Å²) >= 11 is 0. The van der Waals surface area contributed by atoms with Gasteiger partial charge in [-0.1, -0.05) is 0 Å². The van der Waals surface area contributed by atoms with Gasteiger partial charge in [-0.05, 0) is 31.7 Å². The number of carboxylic acids is 1. The maximum atomic E-state index is 11.2. The highest BCUT2D eigenvalue weighted by Gasteiger charge is 2.22. The van der Waals surface area contributed by atoms with Crippen molar-refractivity contribution in [1.29, 1.82) is 0 Å². The number of aromatic carboxylic acids is 1. The number of nitrogens with one attached hydrogen (secondary N) is 1. The molecule has 1 aliphatic carbocycles. The van der Waals surface area contributed by atoms with Crippen LogP contribution in [0.25, 0.3) is 0 Å². The second kappa shape index (κ2) is 5.87. The van der Waals surface area contributed by atoms with Gasteiger partial charge in [0.15, 0.2) is 0 Å². The molecule has 20 heavy (non-hydrogen) atoms. The van der Waals surface area contributed by atoms with E-state index in [-0.39, 0.29) is 23.4 Å². The number of anilines is 1. The summed E-state index contributed by atoms with van der Waals surface area (Å²) in [5.41, 5.74) is 0.0295. The van der Waals surface area contributed by atoms with Crippen molar-refractivity contribution in [3.63, 3.8) is 0 Å². The fourth-order valence-electron chi connectivity index (χ4n) is 2.39. The van der Waals surface area contributed by atoms with Gasteiger partial charge in [-0.15, -0.1) is 0 Å². The molecule has 0 radical (unpaired) electrons. The topological polar surface area (TPSA) is 113 Å². The summed E-state index contributed by atoms with van der Waals surface area (Å²) in [6.07, 6.45) is 2.55. The zero-order valence-corrected chi connectivity index (χ0v) is 10.8. The van der Waals surface area contributed by atoms with Crippen molar-refractivity contribution in [2.24, 2.45) is 0 Å². The zero-order valence-electron chi connectivity index (χ0n) is 10.8. The first-order valence-electron chi connectivity index (χ1n) is 6.43. The minimum absolute atomic E-state index is 0.0814. The minimum Gasteiger partial charge on any atom is -0.478 e. The van der Waals surface area contributed by atoms with Gasteiger partial charge >= 0.3 is 5.97 Å². The van der Waals surface area contributed by atoms with Crippen molar-refractivity contribution in [2.45, 2.75) is 37.8 Å². The van der Waals surface area contributed by atoms with Crippen molar-refractivity contribution < 1.29 is 19.9 Å². The van der Waals surface area contributed by atoms with E-state index >= 15 is 0 Å². The van der Waals surface area contributed by atoms with Crippen molar-refractivity contribution >= 4 is 17.3 Å². The van der Waals surface area contributed by atoms with Crippen LogP contribution in [0.5, 0.6) is 0 Å². The second-order valence-corrected chi connectivity index (χ2v) is 4.94. The van der Waals surface area contributed by atoms with E-state index < -0.39 is 10.9 Å². The highest BCUT2D eigenvalue weighted by atomic mass is 16.6. The summed E-state index contributed by atoms with van der Waals surface area (Å²) in [6, 6.07) is 3.85. The van der Waals surface area contributed by atoms with E-state index in [1.807, 2.05) is 0 Å². The quantitative estimate of drug-likeness (QED) is 0.574. The average molecular weight is 280 g/mol. The summed E-state index contributed by atoms with van der Waals surface area (Å²) in [6.45, 7) is 0. The molecule has 0 saturated heterocycles. The minimum atomic E-state index is -1.20. The third-order valence-corrected chi connectivity index (χ3v) is 3.50. The van der Waals surface area contributed by atoms with Crippen LogP contribution in [-0.4, -0.2) is 33.3 Å². The normalized spacial score (nSPS) is 22.2. The number of rotatable bonds is 4. The van der Waals surface area contributed by atoms with Crippen LogP contribution in [0.15, 0.2) is 18.2 Å². The van der Waals surface area contributed by atoms with Gasteiger partial charge in [-0.2, -0.15) is 0 Å². The van der Waals surface area contributed by atoms with Gasteiger partial charge in [0.25, 0.3) is 5.69 Å². The number of aliphatic hydroxyl groups excluding tert-OH is 1. The average Bonchev–Trinajstić information content (AvgIpc) is 2.41. The largest absolute Gasteiger partial charge is 0.478 e. The Morgan fingerprint density at radius 1 is 1.30 bits per heavy atom. The molecule has 1 fully saturated rings. The molecule has 0 atom stereocenters. The van der Waals surface area contributed by atoms with Crippen LogP contribution >= 0.6 is 0 Å². The van der Waals surface area contributed by atoms with Gasteiger partial charge in [0.05, 0.1) is 16.6 Å². The molecule has 7 heteroatoms. The molecular weight excluding hydrogens is 264 g/mol. The van der Waals surface area contributed by atoms with E-state index in [9.17, 15) is 20.0 Å². The number of nitro groups is 1. The predicted octanol–water partition coefficient (Wildman–Crippen LogP) is 2.01. The Bertz CT molecular complexity index is 523. The molecule has 1 aromatic rings. The zero-order chi connectivity index (χ0) is 14.7. The molecule has 0 aliphatic heterocycles. The Labute approximate surface area is 115 Å². The van der Waals surface area contributed by atoms with E-state index in [1.54, 1.807) is 0 Å². The predicted molar refractivity (Wildman–Crippen MR) is 71.9 cm³/mol. The first kappa shape index (κ1) is 14.3. The Morgan fingerprint density at radius 2 is 1.95 bits per heavy atom. The molecule has 7 nitrogen and oxygen atoms in total. The number of benzene rings is 1. The number of aliphatic hydroxyl groups is 1. The molecule has 0 spiro atoms. The maximum Gasteiger partial charge on any atom is 0.338 e. The molecule has 1 saturated carbocycles. The van der Waals surface area contributed by atoms with Crippen molar-refractivity contribution in [3.05, 3.63) is 33.9 Å². The summed E-state index contributed by atoms with van der Waals surface area (Å²) in [7, 11) is 0. The van der Waals surface area contributed by atoms with E-state index in [4.69, 9.17) is 5.11 Å². The number of nitrogens with zero attached hydrogens (tertiary/aromatic N) is 1. The third kappa shape index (κ3) is 3.24. The highest BCUT2D eigenvalue weighted by molar-refractivity contribution is 5.95. The van der Waals surface area contributed by atoms with Crippen LogP contribution in [0.4, 0.5) is 11.4 Å². The van der Waals surface area contributed by atoms with Gasteiger partial charge in [-0.3, -0.25) is 10.1 Å². The van der Waals surface area contributed by atoms with Crippen LogP contribution in [0, 0.1) is 10.1 Å². The van der Waals surface area contributed by atoms with Gasteiger partial charge in [-0.25, -0.2) is 4.79 Å². The van der Waals surface area contributed by atoms with E-state index in [0.29, 0.717) is 18.5 Å². The number of non-ortho nitro benzene ring substituents is 1. The number of hydrogen-bond donors (Lipinski definition) is 3. The van der Waals surface area contributed by atoms with Crippen LogP contribution in [-0.2, 0) is 0 Å². The monoisotopic (exact) mass is 280 g/mol. The summed E-state index contributed by atoms with van der Waals surface area (Å²) in [4.78, 5) is 21.2. The van der Waals surface area contributed by atoms with Crippen LogP contribution in [0.1, 0.15) is 36.0 Å². The number of carbonyl (C=O) groups is 1. The molecule has 0 bridgehead atoms. The Morgan fingerprint density at radius 3 is 2.50 bits per heavy atom. The fourth-order valence-corrected chi connectivity index (χ4v) is 2.39. The Hall–Kier alpha value is -2.15. The molecule has 108 valence electrons. The third-order valence-electron chi connectivity index (χ3n) is 3.50. The molecule has 2 rings (SSSR count). The van der Waals surface area contributed by atoms with Gasteiger partial charge in [0, 0.05) is 23.9 Å². The fraction of sp³-hybridized carbons (Fsp3) is 0.462. The Balaban J connectivity index is 2.18. The lowest BCUT2D eigenvalue weighted by Gasteiger charge is -2.27. The van der Waals surface area contributed by atoms with Crippen molar-refractivity contribution in [2.75, 3.05) is 5.32 Å². The molecule has 0 aromatic heterocycles. The molecule has 0 heterocycles. The second-order valence-electron chi connectivity index (χ2n) is 4.94. The summed E-state index contributed by atoms with van der Waals surface area (Å²) in [5, 5.41) is 32.4. The summed E-state index contributed by atoms with van der Waals surface area (Å²) < 4.78 is 0. The van der Waals surface area contributed by atoms with E-state index in [2.05, 4.69) is 5.32 Å². The van der Waals surface area contributed by atoms with E-state index in [0.717, 1.165) is 18.9 Å². The van der Waals surface area contributed by atoms with Crippen LogP contribution < -0.4 is 5.32 Å². The number of hydrogen-bond acceptors (Lipinski definition) is 5. The van der Waals surface area contributed by atoms with E-state index in [1.165, 1.54) is 12.1 Å². The van der Waals surface area contributed by atoms with Crippen molar-refractivity contribution in [3.8, 4) is 0 Å². The number of carboxylic acid groups (broad SMARTS) is 1. The molecule has 1 aliphatic rings. The maximum absolute atomic E-state index is 11.2. The van der Waals surface area contributed by atoms with Gasteiger partial charge < -0.3 is 15.5 Å². The SMILES string of the molecule is O=C(O)c1cc([N+](=O)[O-])ccc1NC1CCC(O)CC1. The Kier molecular flexibility index (Phi) is 4.19. The molecule has 0 amide bonds. The molecule has 0 unspecified atom stereocenters. The lowest BCUT2D eigenvalue weighted by atomic mass is 9.93. The van der Waals surface area contributed by atoms with Crippen LogP contribution in [0.3, 0.4) is 0 Å². The molecule has 3 N–H and O–H groups in total. The molecular formula is C13H16N2O5. The van der Waals surface area contributed by atoms with Crippen molar-refractivity contribution in [1.82, 2.24) is 0 Å². The first-order chi connectivity index (χ1) is 9.47. The standard InChI is InChI=1S/C13H16N2O5/c16-10-4-1-8(2-5-10)14-12-6-3-9(15(19)20)7-11(12)13(17)18/h3,6-8,10,14,16H,1-2,4-5H2,(H,17,18). The molecule has 1 aromatic carbocycles. The highest BCUT2D eigenvalue weighted by Crippen LogP contribution is 2.26. The van der Waals surface area contributed by atoms with Gasteiger partial charge in [0.2, 0.25) is 0 Å². The number of nitro benzene ring substituents is 1. The smallest absolute Gasteiger partial charge is 0.338 e. The first-order valence-corrected chi connectivity index (χ1v) is 6.43. The van der Waals surface area contributed by atoms with Gasteiger partial charge in [0.1, 0.15) is 0 Å². The lowest BCUT2D eigenvalue weighted by molar-refractivity contribution is -0.384.